The number of hydrogen-bond donors (Lipinski definition) is 1. The second-order valence-electron chi connectivity index (χ2n) is 4.39. The van der Waals surface area contributed by atoms with Gasteiger partial charge in [0.15, 0.2) is 0 Å². The van der Waals surface area contributed by atoms with Crippen LogP contribution >= 0.6 is 11.3 Å². The molecule has 2 aromatic carbocycles. The summed E-state index contributed by atoms with van der Waals surface area (Å²) in [6, 6.07) is 13.1. The van der Waals surface area contributed by atoms with E-state index in [1.165, 1.54) is 0 Å². The zero-order chi connectivity index (χ0) is 14.1. The molecule has 0 radical (unpaired) electrons. The van der Waals surface area contributed by atoms with E-state index in [2.05, 4.69) is 0 Å². The van der Waals surface area contributed by atoms with Gasteiger partial charge in [0.1, 0.15) is 5.75 Å². The smallest absolute Gasteiger partial charge is 0.335 e. The maximum atomic E-state index is 11.2. The van der Waals surface area contributed by atoms with Gasteiger partial charge in [0, 0.05) is 10.1 Å². The van der Waals surface area contributed by atoms with Gasteiger partial charge in [-0.15, -0.1) is 11.3 Å². The number of methoxy groups -OCH3 is 1. The summed E-state index contributed by atoms with van der Waals surface area (Å²) in [4.78, 5) is 11.2. The third kappa shape index (κ3) is 2.14. The molecule has 3 aromatic rings. The van der Waals surface area contributed by atoms with Crippen molar-refractivity contribution >= 4 is 27.4 Å². The molecule has 0 aliphatic rings. The second kappa shape index (κ2) is 4.98. The summed E-state index contributed by atoms with van der Waals surface area (Å²) in [6.07, 6.45) is 0. The van der Waals surface area contributed by atoms with Crippen molar-refractivity contribution in [1.29, 1.82) is 0 Å². The van der Waals surface area contributed by atoms with Crippen LogP contribution in [0.4, 0.5) is 0 Å². The van der Waals surface area contributed by atoms with Gasteiger partial charge in [-0.05, 0) is 46.8 Å². The number of benzene rings is 2. The molecule has 0 aliphatic heterocycles. The summed E-state index contributed by atoms with van der Waals surface area (Å²) < 4.78 is 6.13. The number of carboxylic acid groups (broad SMARTS) is 1. The molecule has 3 nitrogen and oxygen atoms in total. The van der Waals surface area contributed by atoms with Crippen LogP contribution in [0, 0.1) is 0 Å². The van der Waals surface area contributed by atoms with Crippen molar-refractivity contribution in [1.82, 2.24) is 0 Å². The third-order valence-electron chi connectivity index (χ3n) is 3.22. The second-order valence-corrected chi connectivity index (χ2v) is 5.34. The molecule has 0 spiro atoms. The number of carboxylic acids is 1. The van der Waals surface area contributed by atoms with E-state index in [9.17, 15) is 9.90 Å². The lowest BCUT2D eigenvalue weighted by Crippen LogP contribution is -1.96. The first-order valence-corrected chi connectivity index (χ1v) is 6.96. The maximum Gasteiger partial charge on any atom is 0.335 e. The fourth-order valence-corrected chi connectivity index (χ4v) is 3.06. The van der Waals surface area contributed by atoms with Crippen molar-refractivity contribution in [3.05, 3.63) is 53.4 Å². The van der Waals surface area contributed by atoms with Crippen LogP contribution in [0.25, 0.3) is 21.2 Å². The molecular formula is C16H12O3S. The van der Waals surface area contributed by atoms with Crippen LogP contribution in [0.2, 0.25) is 0 Å². The zero-order valence-electron chi connectivity index (χ0n) is 10.8. The molecular weight excluding hydrogens is 272 g/mol. The molecule has 100 valence electrons. The number of hydrogen-bond acceptors (Lipinski definition) is 3. The summed E-state index contributed by atoms with van der Waals surface area (Å²) in [5.41, 5.74) is 2.23. The maximum absolute atomic E-state index is 11.2. The molecule has 0 saturated heterocycles. The summed E-state index contributed by atoms with van der Waals surface area (Å²) in [5.74, 6) is -0.125. The van der Waals surface area contributed by atoms with E-state index in [0.717, 1.165) is 27.0 Å². The lowest BCUT2D eigenvalue weighted by molar-refractivity contribution is 0.0697. The molecule has 20 heavy (non-hydrogen) atoms. The summed E-state index contributed by atoms with van der Waals surface area (Å²) in [7, 11) is 1.62. The van der Waals surface area contributed by atoms with Crippen molar-refractivity contribution in [2.75, 3.05) is 7.11 Å². The summed E-state index contributed by atoms with van der Waals surface area (Å²) in [6.45, 7) is 0. The van der Waals surface area contributed by atoms with E-state index in [1.54, 1.807) is 30.6 Å². The van der Waals surface area contributed by atoms with Gasteiger partial charge in [0.25, 0.3) is 0 Å². The Labute approximate surface area is 120 Å². The van der Waals surface area contributed by atoms with E-state index in [4.69, 9.17) is 4.74 Å². The van der Waals surface area contributed by atoms with Gasteiger partial charge < -0.3 is 9.84 Å². The largest absolute Gasteiger partial charge is 0.497 e. The van der Waals surface area contributed by atoms with E-state index in [1.807, 2.05) is 35.7 Å². The summed E-state index contributed by atoms with van der Waals surface area (Å²) in [5, 5.41) is 12.3. The first-order chi connectivity index (χ1) is 9.69. The predicted molar refractivity (Wildman–Crippen MR) is 80.8 cm³/mol. The molecule has 1 heterocycles. The van der Waals surface area contributed by atoms with E-state index < -0.39 is 5.97 Å². The number of rotatable bonds is 3. The Morgan fingerprint density at radius 2 is 1.90 bits per heavy atom. The Morgan fingerprint density at radius 1 is 1.15 bits per heavy atom. The molecule has 4 heteroatoms. The predicted octanol–water partition coefficient (Wildman–Crippen LogP) is 4.28. The average molecular weight is 284 g/mol. The highest BCUT2D eigenvalue weighted by Crippen LogP contribution is 2.34. The van der Waals surface area contributed by atoms with E-state index >= 15 is 0 Å². The Kier molecular flexibility index (Phi) is 3.16. The lowest BCUT2D eigenvalue weighted by Gasteiger charge is -2.07. The van der Waals surface area contributed by atoms with Gasteiger partial charge in [0.2, 0.25) is 0 Å². The SMILES string of the molecule is COc1ccc(-c2cc(C(=O)O)cc3sccc23)cc1. The average Bonchev–Trinajstić information content (AvgIpc) is 2.94. The van der Waals surface area contributed by atoms with Crippen molar-refractivity contribution in [3.8, 4) is 16.9 Å². The van der Waals surface area contributed by atoms with E-state index in [-0.39, 0.29) is 0 Å². The third-order valence-corrected chi connectivity index (χ3v) is 4.08. The van der Waals surface area contributed by atoms with Crippen LogP contribution in [0.1, 0.15) is 10.4 Å². The number of thiophene rings is 1. The highest BCUT2D eigenvalue weighted by Gasteiger charge is 2.11. The standard InChI is InChI=1S/C16H12O3S/c1-19-12-4-2-10(3-5-12)14-8-11(16(17)18)9-15-13(14)6-7-20-15/h2-9H,1H3,(H,17,18). The molecule has 0 fully saturated rings. The normalized spacial score (nSPS) is 10.7. The molecule has 0 aliphatic carbocycles. The molecule has 0 unspecified atom stereocenters. The van der Waals surface area contributed by atoms with Crippen molar-refractivity contribution < 1.29 is 14.6 Å². The Morgan fingerprint density at radius 3 is 2.55 bits per heavy atom. The minimum atomic E-state index is -0.907. The molecule has 0 bridgehead atoms. The van der Waals surface area contributed by atoms with Gasteiger partial charge >= 0.3 is 5.97 Å². The molecule has 0 saturated carbocycles. The minimum Gasteiger partial charge on any atom is -0.497 e. The molecule has 1 aromatic heterocycles. The van der Waals surface area contributed by atoms with Crippen molar-refractivity contribution in [2.45, 2.75) is 0 Å². The fraction of sp³-hybridized carbons (Fsp3) is 0.0625. The monoisotopic (exact) mass is 284 g/mol. The first-order valence-electron chi connectivity index (χ1n) is 6.08. The number of fused-ring (bicyclic) bond motifs is 1. The Balaban J connectivity index is 2.22. The fourth-order valence-electron chi connectivity index (χ4n) is 2.20. The molecule has 3 rings (SSSR count). The van der Waals surface area contributed by atoms with Gasteiger partial charge in [-0.1, -0.05) is 12.1 Å². The van der Waals surface area contributed by atoms with Crippen LogP contribution in [-0.4, -0.2) is 18.2 Å². The van der Waals surface area contributed by atoms with Gasteiger partial charge in [-0.2, -0.15) is 0 Å². The van der Waals surface area contributed by atoms with Crippen molar-refractivity contribution in [3.63, 3.8) is 0 Å². The zero-order valence-corrected chi connectivity index (χ0v) is 11.6. The number of aromatic carboxylic acids is 1. The number of ether oxygens (including phenoxy) is 1. The Hall–Kier alpha value is -2.33. The van der Waals surface area contributed by atoms with Crippen molar-refractivity contribution in [2.24, 2.45) is 0 Å². The molecule has 1 N–H and O–H groups in total. The van der Waals surface area contributed by atoms with Crippen LogP contribution in [0.5, 0.6) is 5.75 Å². The van der Waals surface area contributed by atoms with Gasteiger partial charge in [0.05, 0.1) is 12.7 Å². The van der Waals surface area contributed by atoms with Crippen LogP contribution in [-0.2, 0) is 0 Å². The van der Waals surface area contributed by atoms with Crippen LogP contribution in [0.3, 0.4) is 0 Å². The van der Waals surface area contributed by atoms with Crippen LogP contribution < -0.4 is 4.74 Å². The van der Waals surface area contributed by atoms with Crippen LogP contribution in [0.15, 0.2) is 47.8 Å². The Bertz CT molecular complexity index is 772. The quantitative estimate of drug-likeness (QED) is 0.781. The lowest BCUT2D eigenvalue weighted by atomic mass is 9.99. The molecule has 0 atom stereocenters. The summed E-state index contributed by atoms with van der Waals surface area (Å²) >= 11 is 1.55. The minimum absolute atomic E-state index is 0.311. The molecule has 0 amide bonds. The first kappa shape index (κ1) is 12.7. The highest BCUT2D eigenvalue weighted by molar-refractivity contribution is 7.17. The topological polar surface area (TPSA) is 46.5 Å². The van der Waals surface area contributed by atoms with Gasteiger partial charge in [-0.25, -0.2) is 4.79 Å². The highest BCUT2D eigenvalue weighted by atomic mass is 32.1. The van der Waals surface area contributed by atoms with Gasteiger partial charge in [-0.3, -0.25) is 0 Å². The number of carbonyl (C=O) groups is 1. The van der Waals surface area contributed by atoms with E-state index in [0.29, 0.717) is 5.56 Å².